The molecule has 0 fully saturated rings. The summed E-state index contributed by atoms with van der Waals surface area (Å²) in [5, 5.41) is 11.8. The Morgan fingerprint density at radius 3 is 3.00 bits per heavy atom. The number of aromatic nitrogens is 1. The summed E-state index contributed by atoms with van der Waals surface area (Å²) in [6.45, 7) is 0. The van der Waals surface area contributed by atoms with Gasteiger partial charge < -0.3 is 9.84 Å². The van der Waals surface area contributed by atoms with Crippen molar-refractivity contribution in [3.05, 3.63) is 46.4 Å². The molecule has 0 saturated carbocycles. The Morgan fingerprint density at radius 1 is 1.47 bits per heavy atom. The molecule has 3 nitrogen and oxygen atoms in total. The van der Waals surface area contributed by atoms with Crippen LogP contribution in [0.25, 0.3) is 0 Å². The molecule has 0 saturated heterocycles. The minimum Gasteiger partial charge on any atom is -0.497 e. The first-order valence-corrected chi connectivity index (χ1v) is 5.45. The zero-order chi connectivity index (χ0) is 10.7. The van der Waals surface area contributed by atoms with Crippen molar-refractivity contribution in [2.75, 3.05) is 7.11 Å². The SMILES string of the molecule is COc1cccc(C(O)c2cscn2)c1. The van der Waals surface area contributed by atoms with Gasteiger partial charge in [0.15, 0.2) is 0 Å². The Morgan fingerprint density at radius 2 is 2.33 bits per heavy atom. The van der Waals surface area contributed by atoms with Crippen LogP contribution in [-0.2, 0) is 0 Å². The van der Waals surface area contributed by atoms with E-state index in [4.69, 9.17) is 4.74 Å². The van der Waals surface area contributed by atoms with Gasteiger partial charge >= 0.3 is 0 Å². The molecule has 1 atom stereocenters. The topological polar surface area (TPSA) is 42.4 Å². The van der Waals surface area contributed by atoms with Gasteiger partial charge in [0.05, 0.1) is 18.3 Å². The highest BCUT2D eigenvalue weighted by molar-refractivity contribution is 7.07. The molecule has 15 heavy (non-hydrogen) atoms. The van der Waals surface area contributed by atoms with Crippen LogP contribution in [0.2, 0.25) is 0 Å². The molecule has 78 valence electrons. The Hall–Kier alpha value is -1.39. The van der Waals surface area contributed by atoms with Crippen molar-refractivity contribution in [2.45, 2.75) is 6.10 Å². The molecule has 2 rings (SSSR count). The molecule has 1 aromatic carbocycles. The molecule has 0 aliphatic carbocycles. The summed E-state index contributed by atoms with van der Waals surface area (Å²) in [5.74, 6) is 0.738. The van der Waals surface area contributed by atoms with E-state index in [1.807, 2.05) is 29.6 Å². The van der Waals surface area contributed by atoms with Crippen molar-refractivity contribution < 1.29 is 9.84 Å². The molecular weight excluding hydrogens is 210 g/mol. The first kappa shape index (κ1) is 10.1. The Bertz CT molecular complexity index is 428. The molecule has 0 aliphatic rings. The fraction of sp³-hybridized carbons (Fsp3) is 0.182. The highest BCUT2D eigenvalue weighted by Crippen LogP contribution is 2.24. The largest absolute Gasteiger partial charge is 0.497 e. The first-order valence-electron chi connectivity index (χ1n) is 4.51. The van der Waals surface area contributed by atoms with Crippen molar-refractivity contribution in [2.24, 2.45) is 0 Å². The van der Waals surface area contributed by atoms with Gasteiger partial charge in [0.25, 0.3) is 0 Å². The van der Waals surface area contributed by atoms with Crippen LogP contribution in [0, 0.1) is 0 Å². The predicted molar refractivity (Wildman–Crippen MR) is 59.2 cm³/mol. The van der Waals surface area contributed by atoms with E-state index in [1.54, 1.807) is 12.6 Å². The number of thiazole rings is 1. The van der Waals surface area contributed by atoms with E-state index in [0.29, 0.717) is 5.69 Å². The van der Waals surface area contributed by atoms with Crippen molar-refractivity contribution in [3.63, 3.8) is 0 Å². The van der Waals surface area contributed by atoms with E-state index in [2.05, 4.69) is 4.98 Å². The number of benzene rings is 1. The zero-order valence-electron chi connectivity index (χ0n) is 8.25. The summed E-state index contributed by atoms with van der Waals surface area (Å²) in [7, 11) is 1.61. The molecule has 1 heterocycles. The molecule has 1 unspecified atom stereocenters. The van der Waals surface area contributed by atoms with E-state index in [1.165, 1.54) is 11.3 Å². The number of ether oxygens (including phenoxy) is 1. The Balaban J connectivity index is 2.29. The molecule has 2 aromatic rings. The molecule has 1 N–H and O–H groups in total. The Kier molecular flexibility index (Phi) is 2.99. The molecule has 0 spiro atoms. The lowest BCUT2D eigenvalue weighted by Crippen LogP contribution is -1.99. The highest BCUT2D eigenvalue weighted by atomic mass is 32.1. The van der Waals surface area contributed by atoms with Gasteiger partial charge in [-0.1, -0.05) is 12.1 Å². The second kappa shape index (κ2) is 4.42. The van der Waals surface area contributed by atoms with Crippen LogP contribution < -0.4 is 4.74 Å². The summed E-state index contributed by atoms with van der Waals surface area (Å²) in [5.41, 5.74) is 3.17. The number of aliphatic hydroxyl groups is 1. The quantitative estimate of drug-likeness (QED) is 0.864. The summed E-state index contributed by atoms with van der Waals surface area (Å²) in [6, 6.07) is 7.36. The molecule has 0 amide bonds. The third-order valence-electron chi connectivity index (χ3n) is 2.14. The standard InChI is InChI=1S/C11H11NO2S/c1-14-9-4-2-3-8(5-9)11(13)10-6-15-7-12-10/h2-7,11,13H,1H3. The highest BCUT2D eigenvalue weighted by Gasteiger charge is 2.12. The summed E-state index contributed by atoms with van der Waals surface area (Å²) >= 11 is 1.47. The fourth-order valence-corrected chi connectivity index (χ4v) is 1.91. The molecule has 0 aliphatic heterocycles. The normalized spacial score (nSPS) is 12.4. The van der Waals surface area contributed by atoms with E-state index in [-0.39, 0.29) is 0 Å². The Labute approximate surface area is 92.0 Å². The van der Waals surface area contributed by atoms with Crippen LogP contribution in [0.15, 0.2) is 35.2 Å². The van der Waals surface area contributed by atoms with Gasteiger partial charge in [0, 0.05) is 5.38 Å². The average molecular weight is 221 g/mol. The number of aliphatic hydroxyl groups excluding tert-OH is 1. The molecule has 0 radical (unpaired) electrons. The third kappa shape index (κ3) is 2.16. The number of hydrogen-bond acceptors (Lipinski definition) is 4. The van der Waals surface area contributed by atoms with Gasteiger partial charge in [-0.25, -0.2) is 4.98 Å². The third-order valence-corrected chi connectivity index (χ3v) is 2.75. The van der Waals surface area contributed by atoms with Crippen molar-refractivity contribution in [1.82, 2.24) is 4.98 Å². The van der Waals surface area contributed by atoms with Crippen molar-refractivity contribution in [1.29, 1.82) is 0 Å². The van der Waals surface area contributed by atoms with Crippen LogP contribution in [0.1, 0.15) is 17.4 Å². The van der Waals surface area contributed by atoms with Gasteiger partial charge in [-0.2, -0.15) is 0 Å². The maximum Gasteiger partial charge on any atom is 0.122 e. The number of rotatable bonds is 3. The van der Waals surface area contributed by atoms with Crippen molar-refractivity contribution in [3.8, 4) is 5.75 Å². The van der Waals surface area contributed by atoms with Gasteiger partial charge in [-0.05, 0) is 17.7 Å². The summed E-state index contributed by atoms with van der Waals surface area (Å²) in [4.78, 5) is 4.08. The maximum absolute atomic E-state index is 9.99. The molecule has 1 aromatic heterocycles. The van der Waals surface area contributed by atoms with Crippen LogP contribution in [0.5, 0.6) is 5.75 Å². The summed E-state index contributed by atoms with van der Waals surface area (Å²) in [6.07, 6.45) is -0.675. The van der Waals surface area contributed by atoms with Crippen LogP contribution in [0.3, 0.4) is 0 Å². The van der Waals surface area contributed by atoms with E-state index in [9.17, 15) is 5.11 Å². The zero-order valence-corrected chi connectivity index (χ0v) is 9.07. The van der Waals surface area contributed by atoms with Crippen LogP contribution in [-0.4, -0.2) is 17.2 Å². The van der Waals surface area contributed by atoms with E-state index < -0.39 is 6.10 Å². The second-order valence-electron chi connectivity index (χ2n) is 3.09. The van der Waals surface area contributed by atoms with Gasteiger partial charge in [-0.3, -0.25) is 0 Å². The summed E-state index contributed by atoms with van der Waals surface area (Å²) < 4.78 is 5.09. The van der Waals surface area contributed by atoms with E-state index in [0.717, 1.165) is 11.3 Å². The maximum atomic E-state index is 9.99. The van der Waals surface area contributed by atoms with E-state index >= 15 is 0 Å². The second-order valence-corrected chi connectivity index (χ2v) is 3.81. The lowest BCUT2D eigenvalue weighted by molar-refractivity contribution is 0.215. The minimum absolute atomic E-state index is 0.674. The van der Waals surface area contributed by atoms with Gasteiger partial charge in [-0.15, -0.1) is 11.3 Å². The smallest absolute Gasteiger partial charge is 0.122 e. The number of methoxy groups -OCH3 is 1. The lowest BCUT2D eigenvalue weighted by atomic mass is 10.1. The fourth-order valence-electron chi connectivity index (χ4n) is 1.34. The minimum atomic E-state index is -0.675. The first-order chi connectivity index (χ1) is 7.31. The average Bonchev–Trinajstić information content (AvgIpc) is 2.81. The van der Waals surface area contributed by atoms with Crippen molar-refractivity contribution >= 4 is 11.3 Å². The monoisotopic (exact) mass is 221 g/mol. The number of hydrogen-bond donors (Lipinski definition) is 1. The van der Waals surface area contributed by atoms with Crippen LogP contribution >= 0.6 is 11.3 Å². The predicted octanol–water partition coefficient (Wildman–Crippen LogP) is 2.23. The van der Waals surface area contributed by atoms with Gasteiger partial charge in [0.1, 0.15) is 11.9 Å². The molecular formula is C11H11NO2S. The van der Waals surface area contributed by atoms with Crippen LogP contribution in [0.4, 0.5) is 0 Å². The molecule has 0 bridgehead atoms. The lowest BCUT2D eigenvalue weighted by Gasteiger charge is -2.09. The number of nitrogens with zero attached hydrogens (tertiary/aromatic N) is 1. The van der Waals surface area contributed by atoms with Gasteiger partial charge in [0.2, 0.25) is 0 Å². The molecule has 4 heteroatoms.